The van der Waals surface area contributed by atoms with Gasteiger partial charge in [-0.2, -0.15) is 5.10 Å². The molecule has 1 aromatic heterocycles. The lowest BCUT2D eigenvalue weighted by atomic mass is 10.1. The zero-order valence-corrected chi connectivity index (χ0v) is 12.5. The van der Waals surface area contributed by atoms with E-state index in [2.05, 4.69) is 10.1 Å². The van der Waals surface area contributed by atoms with Gasteiger partial charge in [0.05, 0.1) is 0 Å². The number of halogens is 1. The number of hydrogen-bond acceptors (Lipinski definition) is 4. The standard InChI is InChI=1S/C18H12FN3O2/c19-15-7-11(4-5-16(15)22-10-20-9-21-22)6-12-8-14-13(18(12)24)2-1-3-17(14)23/h1-7,9-10,23H,8H2/b12-6+. The summed E-state index contributed by atoms with van der Waals surface area (Å²) in [4.78, 5) is 16.2. The van der Waals surface area contributed by atoms with Crippen molar-refractivity contribution in [3.8, 4) is 11.4 Å². The van der Waals surface area contributed by atoms with Crippen molar-refractivity contribution < 1.29 is 14.3 Å². The summed E-state index contributed by atoms with van der Waals surface area (Å²) >= 11 is 0. The van der Waals surface area contributed by atoms with E-state index in [9.17, 15) is 14.3 Å². The number of Topliss-reactive ketones (excluding diaryl/α,β-unsaturated/α-hetero) is 1. The van der Waals surface area contributed by atoms with E-state index >= 15 is 0 Å². The molecule has 0 fully saturated rings. The number of benzene rings is 2. The minimum absolute atomic E-state index is 0.108. The van der Waals surface area contributed by atoms with Crippen LogP contribution in [0.1, 0.15) is 21.5 Å². The number of phenolic OH excluding ortho intramolecular Hbond substituents is 1. The Hall–Kier alpha value is -3.28. The average molecular weight is 321 g/mol. The average Bonchev–Trinajstić information content (AvgIpc) is 3.19. The summed E-state index contributed by atoms with van der Waals surface area (Å²) in [6.45, 7) is 0. The lowest BCUT2D eigenvalue weighted by molar-refractivity contribution is 0.104. The topological polar surface area (TPSA) is 68.0 Å². The van der Waals surface area contributed by atoms with E-state index in [4.69, 9.17) is 0 Å². The molecule has 0 amide bonds. The molecule has 0 atom stereocenters. The highest BCUT2D eigenvalue weighted by Crippen LogP contribution is 2.33. The van der Waals surface area contributed by atoms with E-state index in [1.54, 1.807) is 36.4 Å². The van der Waals surface area contributed by atoms with E-state index in [1.165, 1.54) is 23.4 Å². The smallest absolute Gasteiger partial charge is 0.189 e. The number of hydrogen-bond donors (Lipinski definition) is 1. The zero-order chi connectivity index (χ0) is 16.7. The monoisotopic (exact) mass is 321 g/mol. The molecule has 1 aliphatic rings. The third-order valence-electron chi connectivity index (χ3n) is 4.03. The van der Waals surface area contributed by atoms with Crippen LogP contribution >= 0.6 is 0 Å². The van der Waals surface area contributed by atoms with Gasteiger partial charge in [0.1, 0.15) is 29.9 Å². The number of nitrogens with zero attached hydrogens (tertiary/aromatic N) is 3. The van der Waals surface area contributed by atoms with Crippen LogP contribution in [0.15, 0.2) is 54.6 Å². The Labute approximate surface area is 136 Å². The van der Waals surface area contributed by atoms with Crippen molar-refractivity contribution in [2.45, 2.75) is 6.42 Å². The molecular weight excluding hydrogens is 309 g/mol. The van der Waals surface area contributed by atoms with Crippen LogP contribution in [0.25, 0.3) is 11.8 Å². The van der Waals surface area contributed by atoms with Crippen LogP contribution in [-0.4, -0.2) is 25.7 Å². The quantitative estimate of drug-likeness (QED) is 0.737. The van der Waals surface area contributed by atoms with E-state index in [1.807, 2.05) is 0 Å². The Kier molecular flexibility index (Phi) is 3.23. The van der Waals surface area contributed by atoms with Crippen molar-refractivity contribution in [2.75, 3.05) is 0 Å². The Morgan fingerprint density at radius 3 is 2.83 bits per heavy atom. The third-order valence-corrected chi connectivity index (χ3v) is 4.03. The molecule has 1 aliphatic carbocycles. The second-order valence-electron chi connectivity index (χ2n) is 5.53. The fourth-order valence-corrected chi connectivity index (χ4v) is 2.87. The molecule has 0 saturated carbocycles. The second kappa shape index (κ2) is 5.42. The molecule has 5 nitrogen and oxygen atoms in total. The molecule has 2 aromatic carbocycles. The predicted octanol–water partition coefficient (Wildman–Crippen LogP) is 2.93. The van der Waals surface area contributed by atoms with Gasteiger partial charge in [-0.1, -0.05) is 18.2 Å². The number of phenols is 1. The number of allylic oxidation sites excluding steroid dienone is 1. The first-order valence-electron chi connectivity index (χ1n) is 7.34. The normalized spacial score (nSPS) is 15.0. The van der Waals surface area contributed by atoms with Crippen LogP contribution in [-0.2, 0) is 6.42 Å². The van der Waals surface area contributed by atoms with E-state index in [-0.39, 0.29) is 17.2 Å². The Balaban J connectivity index is 1.69. The van der Waals surface area contributed by atoms with Gasteiger partial charge in [-0.25, -0.2) is 14.1 Å². The molecule has 1 N–H and O–H groups in total. The summed E-state index contributed by atoms with van der Waals surface area (Å²) in [5, 5.41) is 13.8. The molecule has 1 heterocycles. The fraction of sp³-hybridized carbons (Fsp3) is 0.0556. The summed E-state index contributed by atoms with van der Waals surface area (Å²) in [5.41, 5.74) is 2.51. The van der Waals surface area contributed by atoms with Gasteiger partial charge in [0.15, 0.2) is 5.78 Å². The van der Waals surface area contributed by atoms with Crippen LogP contribution in [0.3, 0.4) is 0 Å². The first-order chi connectivity index (χ1) is 11.6. The summed E-state index contributed by atoms with van der Waals surface area (Å²) < 4.78 is 15.6. The van der Waals surface area contributed by atoms with Gasteiger partial charge in [0.2, 0.25) is 0 Å². The van der Waals surface area contributed by atoms with Gasteiger partial charge in [-0.05, 0) is 29.8 Å². The minimum Gasteiger partial charge on any atom is -0.508 e. The molecule has 6 heteroatoms. The van der Waals surface area contributed by atoms with Crippen molar-refractivity contribution in [1.82, 2.24) is 14.8 Å². The lowest BCUT2D eigenvalue weighted by Gasteiger charge is -2.04. The summed E-state index contributed by atoms with van der Waals surface area (Å²) in [6.07, 6.45) is 4.73. The summed E-state index contributed by atoms with van der Waals surface area (Å²) in [7, 11) is 0. The molecule has 118 valence electrons. The number of rotatable bonds is 2. The minimum atomic E-state index is -0.458. The van der Waals surface area contributed by atoms with Crippen LogP contribution in [0.2, 0.25) is 0 Å². The maximum absolute atomic E-state index is 14.3. The highest BCUT2D eigenvalue weighted by atomic mass is 19.1. The third kappa shape index (κ3) is 2.28. The van der Waals surface area contributed by atoms with Crippen molar-refractivity contribution in [1.29, 1.82) is 0 Å². The number of aromatic hydroxyl groups is 1. The Bertz CT molecular complexity index is 978. The first-order valence-corrected chi connectivity index (χ1v) is 7.34. The van der Waals surface area contributed by atoms with Gasteiger partial charge < -0.3 is 5.11 Å². The lowest BCUT2D eigenvalue weighted by Crippen LogP contribution is -1.99. The SMILES string of the molecule is O=C1/C(=C/c2ccc(-n3cncn3)c(F)c2)Cc2c(O)cccc21. The van der Waals surface area contributed by atoms with Gasteiger partial charge in [-0.15, -0.1) is 0 Å². The molecule has 0 bridgehead atoms. The van der Waals surface area contributed by atoms with Gasteiger partial charge in [0.25, 0.3) is 0 Å². The molecular formula is C18H12FN3O2. The Morgan fingerprint density at radius 1 is 1.25 bits per heavy atom. The number of carbonyl (C=O) groups is 1. The molecule has 3 aromatic rings. The van der Waals surface area contributed by atoms with Crippen molar-refractivity contribution in [3.05, 3.63) is 77.1 Å². The van der Waals surface area contributed by atoms with E-state index in [0.717, 1.165) is 0 Å². The van der Waals surface area contributed by atoms with Gasteiger partial charge in [0, 0.05) is 23.1 Å². The first kappa shape index (κ1) is 14.3. The van der Waals surface area contributed by atoms with Crippen LogP contribution in [0, 0.1) is 5.82 Å². The second-order valence-corrected chi connectivity index (χ2v) is 5.53. The Morgan fingerprint density at radius 2 is 2.12 bits per heavy atom. The molecule has 0 saturated heterocycles. The van der Waals surface area contributed by atoms with Crippen LogP contribution in [0.4, 0.5) is 4.39 Å². The van der Waals surface area contributed by atoms with Crippen molar-refractivity contribution >= 4 is 11.9 Å². The van der Waals surface area contributed by atoms with E-state index < -0.39 is 5.82 Å². The number of carbonyl (C=O) groups excluding carboxylic acids is 1. The van der Waals surface area contributed by atoms with Crippen LogP contribution < -0.4 is 0 Å². The fourth-order valence-electron chi connectivity index (χ4n) is 2.87. The molecule has 0 aliphatic heterocycles. The highest BCUT2D eigenvalue weighted by Gasteiger charge is 2.26. The maximum atomic E-state index is 14.3. The maximum Gasteiger partial charge on any atom is 0.189 e. The highest BCUT2D eigenvalue weighted by molar-refractivity contribution is 6.16. The summed E-state index contributed by atoms with van der Waals surface area (Å²) in [5.74, 6) is -0.487. The molecule has 0 unspecified atom stereocenters. The summed E-state index contributed by atoms with van der Waals surface area (Å²) in [6, 6.07) is 9.53. The van der Waals surface area contributed by atoms with Gasteiger partial charge in [-0.3, -0.25) is 4.79 Å². The molecule has 0 radical (unpaired) electrons. The van der Waals surface area contributed by atoms with Crippen molar-refractivity contribution in [3.63, 3.8) is 0 Å². The predicted molar refractivity (Wildman–Crippen MR) is 85.4 cm³/mol. The molecule has 0 spiro atoms. The van der Waals surface area contributed by atoms with Crippen LogP contribution in [0.5, 0.6) is 5.75 Å². The zero-order valence-electron chi connectivity index (χ0n) is 12.5. The number of fused-ring (bicyclic) bond motifs is 1. The largest absolute Gasteiger partial charge is 0.508 e. The molecule has 24 heavy (non-hydrogen) atoms. The molecule has 4 rings (SSSR count). The van der Waals surface area contributed by atoms with Crippen molar-refractivity contribution in [2.24, 2.45) is 0 Å². The van der Waals surface area contributed by atoms with E-state index in [0.29, 0.717) is 28.7 Å². The number of aromatic nitrogens is 3. The number of ketones is 1. The van der Waals surface area contributed by atoms with Gasteiger partial charge >= 0.3 is 0 Å².